The van der Waals surface area contributed by atoms with E-state index >= 15 is 0 Å². The lowest BCUT2D eigenvalue weighted by atomic mass is 9.87. The van der Waals surface area contributed by atoms with Crippen LogP contribution in [0.5, 0.6) is 0 Å². The third kappa shape index (κ3) is 2.01. The largest absolute Gasteiger partial charge is 0.411 e. The van der Waals surface area contributed by atoms with Crippen LogP contribution in [0.25, 0.3) is 0 Å². The zero-order chi connectivity index (χ0) is 11.1. The second-order valence-electron chi connectivity index (χ2n) is 5.50. The van der Waals surface area contributed by atoms with Crippen LogP contribution in [0.1, 0.15) is 33.6 Å². The lowest BCUT2D eigenvalue weighted by Crippen LogP contribution is -2.63. The molecule has 15 heavy (non-hydrogen) atoms. The first kappa shape index (κ1) is 10.9. The summed E-state index contributed by atoms with van der Waals surface area (Å²) in [6, 6.07) is 0.756. The quantitative estimate of drug-likeness (QED) is 0.488. The zero-order valence-corrected chi connectivity index (χ0v) is 9.73. The number of oxime groups is 1. The highest BCUT2D eigenvalue weighted by molar-refractivity contribution is 5.86. The molecule has 2 rings (SSSR count). The highest BCUT2D eigenvalue weighted by atomic mass is 16.5. The molecule has 0 aromatic rings. The van der Waals surface area contributed by atoms with Gasteiger partial charge < -0.3 is 9.94 Å². The van der Waals surface area contributed by atoms with Gasteiger partial charge in [0.1, 0.15) is 0 Å². The lowest BCUT2D eigenvalue weighted by Gasteiger charge is -2.52. The Labute approximate surface area is 90.9 Å². The van der Waals surface area contributed by atoms with Crippen LogP contribution in [0.2, 0.25) is 0 Å². The van der Waals surface area contributed by atoms with E-state index in [4.69, 9.17) is 9.94 Å². The van der Waals surface area contributed by atoms with Crippen LogP contribution in [-0.4, -0.2) is 46.7 Å². The van der Waals surface area contributed by atoms with E-state index in [0.717, 1.165) is 31.8 Å². The molecule has 2 atom stereocenters. The number of piperidine rings is 1. The summed E-state index contributed by atoms with van der Waals surface area (Å²) in [6.45, 7) is 8.22. The summed E-state index contributed by atoms with van der Waals surface area (Å²) in [5.74, 6) is 0. The van der Waals surface area contributed by atoms with Gasteiger partial charge in [-0.05, 0) is 20.8 Å². The van der Waals surface area contributed by atoms with Gasteiger partial charge in [0.25, 0.3) is 0 Å². The maximum atomic E-state index is 8.86. The summed E-state index contributed by atoms with van der Waals surface area (Å²) in [4.78, 5) is 2.52. The van der Waals surface area contributed by atoms with Gasteiger partial charge in [-0.1, -0.05) is 5.16 Å². The van der Waals surface area contributed by atoms with E-state index in [2.05, 4.69) is 30.8 Å². The van der Waals surface area contributed by atoms with Gasteiger partial charge in [0, 0.05) is 30.5 Å². The zero-order valence-electron chi connectivity index (χ0n) is 9.73. The number of ether oxygens (including phenoxy) is 1. The molecule has 1 N–H and O–H groups in total. The van der Waals surface area contributed by atoms with Crippen LogP contribution < -0.4 is 0 Å². The second-order valence-corrected chi connectivity index (χ2v) is 5.50. The fourth-order valence-corrected chi connectivity index (χ4v) is 2.92. The predicted octanol–water partition coefficient (Wildman–Crippen LogP) is 1.48. The minimum atomic E-state index is 0.167. The molecule has 4 heteroatoms. The molecule has 2 aliphatic heterocycles. The van der Waals surface area contributed by atoms with Crippen molar-refractivity contribution in [1.29, 1.82) is 0 Å². The Bertz CT molecular complexity index is 254. The maximum absolute atomic E-state index is 8.86. The summed E-state index contributed by atoms with van der Waals surface area (Å²) in [5, 5.41) is 12.2. The molecule has 0 radical (unpaired) electrons. The van der Waals surface area contributed by atoms with E-state index < -0.39 is 0 Å². The summed E-state index contributed by atoms with van der Waals surface area (Å²) in [5.41, 5.74) is 1.09. The Kier molecular flexibility index (Phi) is 2.73. The molecule has 2 saturated heterocycles. The van der Waals surface area contributed by atoms with E-state index in [0.29, 0.717) is 12.1 Å². The molecular weight excluding hydrogens is 192 g/mol. The third-order valence-corrected chi connectivity index (χ3v) is 3.27. The first-order valence-corrected chi connectivity index (χ1v) is 5.58. The van der Waals surface area contributed by atoms with Gasteiger partial charge in [-0.2, -0.15) is 0 Å². The topological polar surface area (TPSA) is 45.1 Å². The van der Waals surface area contributed by atoms with Crippen LogP contribution in [0.4, 0.5) is 0 Å². The Hall–Kier alpha value is -0.610. The van der Waals surface area contributed by atoms with Gasteiger partial charge in [0.15, 0.2) is 0 Å². The molecular formula is C11H20N2O2. The van der Waals surface area contributed by atoms with Gasteiger partial charge in [0.05, 0.1) is 18.9 Å². The molecule has 0 aliphatic carbocycles. The molecule has 0 spiro atoms. The SMILES string of the molecule is CC(C)(C)N1C2COCC1CC(=NO)C2. The summed E-state index contributed by atoms with van der Waals surface area (Å²) in [6.07, 6.45) is 1.68. The van der Waals surface area contributed by atoms with E-state index in [9.17, 15) is 0 Å². The van der Waals surface area contributed by atoms with Gasteiger partial charge in [-0.3, -0.25) is 4.90 Å². The Morgan fingerprint density at radius 3 is 2.20 bits per heavy atom. The van der Waals surface area contributed by atoms with Crippen molar-refractivity contribution in [1.82, 2.24) is 4.90 Å². The predicted molar refractivity (Wildman–Crippen MR) is 58.4 cm³/mol. The molecule has 86 valence electrons. The number of nitrogens with zero attached hydrogens (tertiary/aromatic N) is 2. The Morgan fingerprint density at radius 1 is 1.27 bits per heavy atom. The number of fused-ring (bicyclic) bond motifs is 2. The number of morpholine rings is 1. The van der Waals surface area contributed by atoms with Crippen molar-refractivity contribution in [3.63, 3.8) is 0 Å². The lowest BCUT2D eigenvalue weighted by molar-refractivity contribution is -0.0933. The van der Waals surface area contributed by atoms with Crippen LogP contribution >= 0.6 is 0 Å². The molecule has 0 aromatic heterocycles. The number of hydrogen-bond acceptors (Lipinski definition) is 4. The average Bonchev–Trinajstić information content (AvgIpc) is 2.14. The van der Waals surface area contributed by atoms with Crippen molar-refractivity contribution < 1.29 is 9.94 Å². The Morgan fingerprint density at radius 2 is 1.80 bits per heavy atom. The third-order valence-electron chi connectivity index (χ3n) is 3.27. The van der Waals surface area contributed by atoms with Crippen LogP contribution in [0, 0.1) is 0 Å². The smallest absolute Gasteiger partial charge is 0.0626 e. The highest BCUT2D eigenvalue weighted by Gasteiger charge is 2.42. The number of hydrogen-bond donors (Lipinski definition) is 1. The molecule has 2 unspecified atom stereocenters. The van der Waals surface area contributed by atoms with Crippen molar-refractivity contribution in [3.8, 4) is 0 Å². The van der Waals surface area contributed by atoms with Crippen LogP contribution in [0.3, 0.4) is 0 Å². The summed E-state index contributed by atoms with van der Waals surface area (Å²) < 4.78 is 5.58. The molecule has 2 fully saturated rings. The minimum absolute atomic E-state index is 0.167. The Balaban J connectivity index is 2.21. The van der Waals surface area contributed by atoms with Gasteiger partial charge in [0.2, 0.25) is 0 Å². The van der Waals surface area contributed by atoms with Crippen molar-refractivity contribution in [3.05, 3.63) is 0 Å². The van der Waals surface area contributed by atoms with Gasteiger partial charge >= 0.3 is 0 Å². The van der Waals surface area contributed by atoms with E-state index in [-0.39, 0.29) is 5.54 Å². The van der Waals surface area contributed by atoms with Crippen LogP contribution in [-0.2, 0) is 4.74 Å². The van der Waals surface area contributed by atoms with Crippen molar-refractivity contribution >= 4 is 5.71 Å². The fourth-order valence-electron chi connectivity index (χ4n) is 2.92. The number of rotatable bonds is 0. The molecule has 2 aliphatic rings. The normalized spacial score (nSPS) is 32.9. The van der Waals surface area contributed by atoms with E-state index in [1.54, 1.807) is 0 Å². The minimum Gasteiger partial charge on any atom is -0.411 e. The molecule has 0 aromatic carbocycles. The summed E-state index contributed by atoms with van der Waals surface area (Å²) in [7, 11) is 0. The van der Waals surface area contributed by atoms with Gasteiger partial charge in [-0.25, -0.2) is 0 Å². The van der Waals surface area contributed by atoms with Gasteiger partial charge in [-0.15, -0.1) is 0 Å². The fraction of sp³-hybridized carbons (Fsp3) is 0.909. The summed E-state index contributed by atoms with van der Waals surface area (Å²) >= 11 is 0. The maximum Gasteiger partial charge on any atom is 0.0626 e. The van der Waals surface area contributed by atoms with Crippen molar-refractivity contribution in [2.45, 2.75) is 51.2 Å². The molecule has 0 amide bonds. The van der Waals surface area contributed by atoms with Crippen LogP contribution in [0.15, 0.2) is 5.16 Å². The average molecular weight is 212 g/mol. The van der Waals surface area contributed by atoms with E-state index in [1.165, 1.54) is 0 Å². The van der Waals surface area contributed by atoms with E-state index in [1.807, 2.05) is 0 Å². The molecule has 4 nitrogen and oxygen atoms in total. The molecule has 2 bridgehead atoms. The molecule has 2 heterocycles. The molecule has 0 saturated carbocycles. The monoisotopic (exact) mass is 212 g/mol. The van der Waals surface area contributed by atoms with Crippen molar-refractivity contribution in [2.75, 3.05) is 13.2 Å². The first-order chi connectivity index (χ1) is 7.02. The second kappa shape index (κ2) is 3.76. The highest BCUT2D eigenvalue weighted by Crippen LogP contribution is 2.32. The van der Waals surface area contributed by atoms with Crippen molar-refractivity contribution in [2.24, 2.45) is 5.16 Å². The first-order valence-electron chi connectivity index (χ1n) is 5.58. The standard InChI is InChI=1S/C11H20N2O2/c1-11(2,3)13-9-4-8(12-14)5-10(13)7-15-6-9/h9-10,14H,4-7H2,1-3H3.